The summed E-state index contributed by atoms with van der Waals surface area (Å²) in [5.74, 6) is 1.76. The number of aryl methyl sites for hydroxylation is 2. The van der Waals surface area contributed by atoms with E-state index < -0.39 is 0 Å². The van der Waals surface area contributed by atoms with Gasteiger partial charge >= 0.3 is 0 Å². The van der Waals surface area contributed by atoms with E-state index in [2.05, 4.69) is 43.5 Å². The minimum Gasteiger partial charge on any atom is -0.325 e. The third-order valence-electron chi connectivity index (χ3n) is 3.98. The van der Waals surface area contributed by atoms with Crippen molar-refractivity contribution in [2.75, 3.05) is 5.88 Å². The molecule has 1 aromatic heterocycles. The van der Waals surface area contributed by atoms with Crippen LogP contribution in [0.4, 0.5) is 0 Å². The van der Waals surface area contributed by atoms with Crippen LogP contribution in [0.3, 0.4) is 0 Å². The number of halogens is 1. The van der Waals surface area contributed by atoms with Crippen LogP contribution in [-0.4, -0.2) is 15.4 Å². The summed E-state index contributed by atoms with van der Waals surface area (Å²) in [6.45, 7) is 6.68. The van der Waals surface area contributed by atoms with Crippen molar-refractivity contribution in [3.63, 3.8) is 0 Å². The molecule has 2 rings (SSSR count). The molecule has 1 atom stereocenters. The highest BCUT2D eigenvalue weighted by Gasteiger charge is 2.16. The van der Waals surface area contributed by atoms with Gasteiger partial charge in [0, 0.05) is 18.3 Å². The molecule has 0 spiro atoms. The number of rotatable bonds is 7. The highest BCUT2D eigenvalue weighted by molar-refractivity contribution is 6.17. The number of imidazole rings is 1. The number of nitrogens with zero attached hydrogens (tertiary/aromatic N) is 2. The molecule has 2 aromatic rings. The highest BCUT2D eigenvalue weighted by Crippen LogP contribution is 2.26. The summed E-state index contributed by atoms with van der Waals surface area (Å²) in [7, 11) is 0. The average molecular weight is 293 g/mol. The Morgan fingerprint density at radius 2 is 2.10 bits per heavy atom. The summed E-state index contributed by atoms with van der Waals surface area (Å²) < 4.78 is 2.40. The Balaban J connectivity index is 2.37. The molecule has 2 nitrogen and oxygen atoms in total. The van der Waals surface area contributed by atoms with Crippen LogP contribution in [0.15, 0.2) is 18.2 Å². The topological polar surface area (TPSA) is 17.8 Å². The monoisotopic (exact) mass is 292 g/mol. The van der Waals surface area contributed by atoms with E-state index in [-0.39, 0.29) is 0 Å². The number of alkyl halides is 1. The molecule has 1 aromatic carbocycles. The van der Waals surface area contributed by atoms with Crippen molar-refractivity contribution in [3.8, 4) is 0 Å². The molecule has 0 radical (unpaired) electrons. The van der Waals surface area contributed by atoms with Crippen LogP contribution in [-0.2, 0) is 6.42 Å². The Bertz CT molecular complexity index is 559. The first-order valence-corrected chi connectivity index (χ1v) is 8.24. The van der Waals surface area contributed by atoms with Gasteiger partial charge in [0.1, 0.15) is 5.82 Å². The third kappa shape index (κ3) is 3.17. The molecule has 3 heteroatoms. The van der Waals surface area contributed by atoms with Crippen LogP contribution in [0.2, 0.25) is 0 Å². The van der Waals surface area contributed by atoms with E-state index in [1.54, 1.807) is 0 Å². The first-order valence-electron chi connectivity index (χ1n) is 7.71. The molecular formula is C17H25ClN2. The van der Waals surface area contributed by atoms with Crippen LogP contribution >= 0.6 is 11.6 Å². The van der Waals surface area contributed by atoms with E-state index in [0.29, 0.717) is 11.9 Å². The number of para-hydroxylation sites is 1. The average Bonchev–Trinajstić information content (AvgIpc) is 2.79. The first-order chi connectivity index (χ1) is 9.69. The van der Waals surface area contributed by atoms with Gasteiger partial charge in [-0.1, -0.05) is 38.3 Å². The first kappa shape index (κ1) is 15.4. The lowest BCUT2D eigenvalue weighted by Gasteiger charge is -2.17. The molecule has 110 valence electrons. The third-order valence-corrected chi connectivity index (χ3v) is 4.17. The second-order valence-electron chi connectivity index (χ2n) is 5.62. The van der Waals surface area contributed by atoms with E-state index in [1.165, 1.54) is 36.8 Å². The molecule has 1 unspecified atom stereocenters. The molecule has 0 saturated carbocycles. The molecule has 1 heterocycles. The van der Waals surface area contributed by atoms with Crippen molar-refractivity contribution >= 4 is 22.6 Å². The van der Waals surface area contributed by atoms with Gasteiger partial charge in [0.15, 0.2) is 0 Å². The van der Waals surface area contributed by atoms with Gasteiger partial charge in [-0.25, -0.2) is 4.98 Å². The minimum atomic E-state index is 0.492. The number of hydrogen-bond donors (Lipinski definition) is 0. The fraction of sp³-hybridized carbons (Fsp3) is 0.588. The molecular weight excluding hydrogens is 268 g/mol. The van der Waals surface area contributed by atoms with E-state index in [0.717, 1.165) is 17.8 Å². The molecule has 0 saturated heterocycles. The second kappa shape index (κ2) is 7.12. The SMILES string of the molecule is CCCCCC(C)n1c(CCCl)nc2c(C)cccc21. The van der Waals surface area contributed by atoms with Crippen molar-refractivity contribution in [2.45, 2.75) is 58.9 Å². The lowest BCUT2D eigenvalue weighted by molar-refractivity contribution is 0.474. The van der Waals surface area contributed by atoms with Gasteiger partial charge in [-0.15, -0.1) is 11.6 Å². The zero-order valence-electron chi connectivity index (χ0n) is 12.8. The number of fused-ring (bicyclic) bond motifs is 1. The summed E-state index contributed by atoms with van der Waals surface area (Å²) in [6.07, 6.45) is 5.91. The van der Waals surface area contributed by atoms with E-state index in [4.69, 9.17) is 16.6 Å². The Labute approximate surface area is 127 Å². The van der Waals surface area contributed by atoms with Gasteiger partial charge in [-0.3, -0.25) is 0 Å². The Morgan fingerprint density at radius 3 is 2.80 bits per heavy atom. The summed E-state index contributed by atoms with van der Waals surface area (Å²) in [5.41, 5.74) is 3.64. The Morgan fingerprint density at radius 1 is 1.30 bits per heavy atom. The Kier molecular flexibility index (Phi) is 5.47. The molecule has 0 amide bonds. The zero-order chi connectivity index (χ0) is 14.5. The van der Waals surface area contributed by atoms with E-state index in [1.807, 2.05) is 0 Å². The lowest BCUT2D eigenvalue weighted by Crippen LogP contribution is -2.10. The van der Waals surface area contributed by atoms with Crippen molar-refractivity contribution in [2.24, 2.45) is 0 Å². The Hall–Kier alpha value is -1.02. The zero-order valence-corrected chi connectivity index (χ0v) is 13.6. The quantitative estimate of drug-likeness (QED) is 0.502. The fourth-order valence-electron chi connectivity index (χ4n) is 2.88. The predicted octanol–water partition coefficient (Wildman–Crippen LogP) is 5.27. The largest absolute Gasteiger partial charge is 0.325 e. The molecule has 20 heavy (non-hydrogen) atoms. The molecule has 0 bridgehead atoms. The highest BCUT2D eigenvalue weighted by atomic mass is 35.5. The van der Waals surface area contributed by atoms with Crippen LogP contribution in [0.1, 0.15) is 57.0 Å². The van der Waals surface area contributed by atoms with Gasteiger partial charge in [-0.2, -0.15) is 0 Å². The maximum Gasteiger partial charge on any atom is 0.111 e. The minimum absolute atomic E-state index is 0.492. The number of hydrogen-bond acceptors (Lipinski definition) is 1. The fourth-order valence-corrected chi connectivity index (χ4v) is 3.05. The van der Waals surface area contributed by atoms with Crippen molar-refractivity contribution in [1.29, 1.82) is 0 Å². The molecule has 0 fully saturated rings. The van der Waals surface area contributed by atoms with Crippen LogP contribution in [0, 0.1) is 6.92 Å². The lowest BCUT2D eigenvalue weighted by atomic mass is 10.1. The van der Waals surface area contributed by atoms with E-state index >= 15 is 0 Å². The van der Waals surface area contributed by atoms with Crippen molar-refractivity contribution < 1.29 is 0 Å². The number of unbranched alkanes of at least 4 members (excludes halogenated alkanes) is 2. The summed E-state index contributed by atoms with van der Waals surface area (Å²) >= 11 is 5.95. The van der Waals surface area contributed by atoms with Gasteiger partial charge in [0.2, 0.25) is 0 Å². The van der Waals surface area contributed by atoms with Gasteiger partial charge in [0.25, 0.3) is 0 Å². The smallest absolute Gasteiger partial charge is 0.111 e. The normalized spacial score (nSPS) is 13.0. The van der Waals surface area contributed by atoms with Gasteiger partial charge in [-0.05, 0) is 31.9 Å². The van der Waals surface area contributed by atoms with Crippen molar-refractivity contribution in [3.05, 3.63) is 29.6 Å². The maximum atomic E-state index is 5.95. The second-order valence-corrected chi connectivity index (χ2v) is 6.00. The van der Waals surface area contributed by atoms with Crippen LogP contribution in [0.25, 0.3) is 11.0 Å². The summed E-state index contributed by atoms with van der Waals surface area (Å²) in [4.78, 5) is 4.83. The van der Waals surface area contributed by atoms with Gasteiger partial charge in [0.05, 0.1) is 11.0 Å². The predicted molar refractivity (Wildman–Crippen MR) is 87.7 cm³/mol. The maximum absolute atomic E-state index is 5.95. The van der Waals surface area contributed by atoms with E-state index in [9.17, 15) is 0 Å². The number of benzene rings is 1. The number of aromatic nitrogens is 2. The van der Waals surface area contributed by atoms with Crippen LogP contribution < -0.4 is 0 Å². The summed E-state index contributed by atoms with van der Waals surface area (Å²) in [6, 6.07) is 6.93. The molecule has 0 N–H and O–H groups in total. The molecule has 0 aliphatic rings. The summed E-state index contributed by atoms with van der Waals surface area (Å²) in [5, 5.41) is 0. The standard InChI is InChI=1S/C17H25ClN2/c1-4-5-6-9-14(3)20-15-10-7-8-13(2)17(15)19-16(20)11-12-18/h7-8,10,14H,4-6,9,11-12H2,1-3H3. The van der Waals surface area contributed by atoms with Crippen LogP contribution in [0.5, 0.6) is 0 Å². The molecule has 0 aliphatic carbocycles. The van der Waals surface area contributed by atoms with Gasteiger partial charge < -0.3 is 4.57 Å². The van der Waals surface area contributed by atoms with Crippen molar-refractivity contribution in [1.82, 2.24) is 9.55 Å². The molecule has 0 aliphatic heterocycles.